The van der Waals surface area contributed by atoms with Crippen LogP contribution in [0.4, 0.5) is 5.69 Å². The van der Waals surface area contributed by atoms with Crippen LogP contribution in [0.2, 0.25) is 0 Å². The van der Waals surface area contributed by atoms with Gasteiger partial charge in [-0.2, -0.15) is 0 Å². The Hall–Kier alpha value is -2.36. The Labute approximate surface area is 119 Å². The quantitative estimate of drug-likeness (QED) is 0.818. The van der Waals surface area contributed by atoms with Crippen LogP contribution >= 0.6 is 0 Å². The summed E-state index contributed by atoms with van der Waals surface area (Å²) in [5.74, 6) is 0.0467. The van der Waals surface area contributed by atoms with E-state index in [1.807, 2.05) is 54.1 Å². The Morgan fingerprint density at radius 3 is 2.80 bits per heavy atom. The van der Waals surface area contributed by atoms with E-state index in [4.69, 9.17) is 0 Å². The van der Waals surface area contributed by atoms with E-state index < -0.39 is 0 Å². The minimum atomic E-state index is 0.0467. The number of carbonyl (C=O) groups is 1. The third kappa shape index (κ3) is 4.39. The molecule has 20 heavy (non-hydrogen) atoms. The highest BCUT2D eigenvalue weighted by Gasteiger charge is 2.01. The molecule has 1 aromatic carbocycles. The number of nitrogens with zero attached hydrogens (tertiary/aromatic N) is 2. The summed E-state index contributed by atoms with van der Waals surface area (Å²) in [5.41, 5.74) is 2.01. The number of nitrogens with one attached hydrogen (secondary N) is 1. The molecular weight excluding hydrogens is 250 g/mol. The van der Waals surface area contributed by atoms with Crippen molar-refractivity contribution < 1.29 is 4.79 Å². The second-order valence-electron chi connectivity index (χ2n) is 4.59. The molecular formula is C16H19N3O. The van der Waals surface area contributed by atoms with Crippen LogP contribution in [-0.4, -0.2) is 15.5 Å². The van der Waals surface area contributed by atoms with Crippen LogP contribution in [0.5, 0.6) is 0 Å². The summed E-state index contributed by atoms with van der Waals surface area (Å²) in [5, 5.41) is 2.89. The topological polar surface area (TPSA) is 46.9 Å². The van der Waals surface area contributed by atoms with Gasteiger partial charge in [-0.15, -0.1) is 0 Å². The van der Waals surface area contributed by atoms with Gasteiger partial charge in [-0.05, 0) is 31.0 Å². The number of anilines is 1. The van der Waals surface area contributed by atoms with Gasteiger partial charge in [-0.25, -0.2) is 4.98 Å². The SMILES string of the molecule is C/C=C/CCC(=O)Nc1ccc(Cn2ccnc2)cc1. The van der Waals surface area contributed by atoms with Gasteiger partial charge in [0.05, 0.1) is 6.33 Å². The van der Waals surface area contributed by atoms with Crippen molar-refractivity contribution in [1.29, 1.82) is 0 Å². The lowest BCUT2D eigenvalue weighted by atomic mass is 10.2. The van der Waals surface area contributed by atoms with Crippen molar-refractivity contribution >= 4 is 11.6 Å². The highest BCUT2D eigenvalue weighted by molar-refractivity contribution is 5.90. The molecule has 0 atom stereocenters. The van der Waals surface area contributed by atoms with Crippen molar-refractivity contribution in [1.82, 2.24) is 9.55 Å². The fourth-order valence-corrected chi connectivity index (χ4v) is 1.89. The molecule has 0 saturated carbocycles. The highest BCUT2D eigenvalue weighted by Crippen LogP contribution is 2.11. The molecule has 0 saturated heterocycles. The molecule has 0 radical (unpaired) electrons. The number of aromatic nitrogens is 2. The Balaban J connectivity index is 1.86. The zero-order valence-electron chi connectivity index (χ0n) is 11.6. The molecule has 0 spiro atoms. The maximum Gasteiger partial charge on any atom is 0.224 e. The minimum Gasteiger partial charge on any atom is -0.333 e. The summed E-state index contributed by atoms with van der Waals surface area (Å²) in [6.45, 7) is 2.74. The monoisotopic (exact) mass is 269 g/mol. The van der Waals surface area contributed by atoms with Gasteiger partial charge < -0.3 is 9.88 Å². The molecule has 1 aromatic heterocycles. The van der Waals surface area contributed by atoms with Crippen molar-refractivity contribution in [3.63, 3.8) is 0 Å². The largest absolute Gasteiger partial charge is 0.333 e. The van der Waals surface area contributed by atoms with E-state index in [1.54, 1.807) is 12.5 Å². The fraction of sp³-hybridized carbons (Fsp3) is 0.250. The summed E-state index contributed by atoms with van der Waals surface area (Å²) in [4.78, 5) is 15.7. The first-order chi connectivity index (χ1) is 9.78. The average molecular weight is 269 g/mol. The molecule has 104 valence electrons. The van der Waals surface area contributed by atoms with Gasteiger partial charge in [0.25, 0.3) is 0 Å². The Bertz CT molecular complexity index is 556. The van der Waals surface area contributed by atoms with E-state index in [2.05, 4.69) is 10.3 Å². The molecule has 0 bridgehead atoms. The molecule has 0 fully saturated rings. The van der Waals surface area contributed by atoms with Crippen molar-refractivity contribution in [3.8, 4) is 0 Å². The molecule has 2 aromatic rings. The number of allylic oxidation sites excluding steroid dienone is 2. The molecule has 0 unspecified atom stereocenters. The fourth-order valence-electron chi connectivity index (χ4n) is 1.89. The summed E-state index contributed by atoms with van der Waals surface area (Å²) in [6.07, 6.45) is 10.7. The van der Waals surface area contributed by atoms with Crippen molar-refractivity contribution in [2.24, 2.45) is 0 Å². The lowest BCUT2D eigenvalue weighted by Crippen LogP contribution is -2.10. The van der Waals surface area contributed by atoms with Gasteiger partial charge in [-0.1, -0.05) is 24.3 Å². The number of amides is 1. The van der Waals surface area contributed by atoms with E-state index in [1.165, 1.54) is 5.56 Å². The van der Waals surface area contributed by atoms with E-state index in [0.29, 0.717) is 6.42 Å². The van der Waals surface area contributed by atoms with Crippen LogP contribution in [0.1, 0.15) is 25.3 Å². The van der Waals surface area contributed by atoms with Gasteiger partial charge >= 0.3 is 0 Å². The highest BCUT2D eigenvalue weighted by atomic mass is 16.1. The second-order valence-corrected chi connectivity index (χ2v) is 4.59. The summed E-state index contributed by atoms with van der Waals surface area (Å²) >= 11 is 0. The molecule has 0 aliphatic rings. The van der Waals surface area contributed by atoms with Crippen LogP contribution < -0.4 is 5.32 Å². The maximum absolute atomic E-state index is 11.7. The lowest BCUT2D eigenvalue weighted by molar-refractivity contribution is -0.116. The first-order valence-electron chi connectivity index (χ1n) is 6.73. The van der Waals surface area contributed by atoms with Crippen LogP contribution in [-0.2, 0) is 11.3 Å². The predicted octanol–water partition coefficient (Wildman–Crippen LogP) is 3.23. The number of rotatable bonds is 6. The van der Waals surface area contributed by atoms with Gasteiger partial charge in [0.2, 0.25) is 5.91 Å². The van der Waals surface area contributed by atoms with E-state index in [0.717, 1.165) is 18.7 Å². The van der Waals surface area contributed by atoms with Gasteiger partial charge in [0.15, 0.2) is 0 Å². The molecule has 4 nitrogen and oxygen atoms in total. The third-order valence-electron chi connectivity index (χ3n) is 2.94. The number of hydrogen-bond donors (Lipinski definition) is 1. The standard InChI is InChI=1S/C16H19N3O/c1-2-3-4-5-16(20)18-15-8-6-14(7-9-15)12-19-11-10-17-13-19/h2-3,6-11,13H,4-5,12H2,1H3,(H,18,20)/b3-2+. The molecule has 2 rings (SSSR count). The Kier molecular flexibility index (Phi) is 5.12. The zero-order chi connectivity index (χ0) is 14.2. The maximum atomic E-state index is 11.7. The Morgan fingerprint density at radius 2 is 2.15 bits per heavy atom. The lowest BCUT2D eigenvalue weighted by Gasteiger charge is -2.06. The minimum absolute atomic E-state index is 0.0467. The normalized spacial score (nSPS) is 10.8. The number of hydrogen-bond acceptors (Lipinski definition) is 2. The van der Waals surface area contributed by atoms with Gasteiger partial charge in [0, 0.05) is 31.0 Å². The molecule has 1 heterocycles. The predicted molar refractivity (Wildman–Crippen MR) is 80.4 cm³/mol. The summed E-state index contributed by atoms with van der Waals surface area (Å²) in [6, 6.07) is 7.89. The molecule has 1 N–H and O–H groups in total. The van der Waals surface area contributed by atoms with Gasteiger partial charge in [0.1, 0.15) is 0 Å². The van der Waals surface area contributed by atoms with Crippen molar-refractivity contribution in [2.45, 2.75) is 26.3 Å². The molecule has 0 aliphatic heterocycles. The molecule has 4 heteroatoms. The van der Waals surface area contributed by atoms with Crippen molar-refractivity contribution in [3.05, 3.63) is 60.7 Å². The number of carbonyl (C=O) groups excluding carboxylic acids is 1. The number of benzene rings is 1. The smallest absolute Gasteiger partial charge is 0.224 e. The van der Waals surface area contributed by atoms with E-state index in [9.17, 15) is 4.79 Å². The summed E-state index contributed by atoms with van der Waals surface area (Å²) in [7, 11) is 0. The third-order valence-corrected chi connectivity index (χ3v) is 2.94. The molecule has 1 amide bonds. The van der Waals surface area contributed by atoms with Gasteiger partial charge in [-0.3, -0.25) is 4.79 Å². The zero-order valence-corrected chi connectivity index (χ0v) is 11.6. The number of imidazole rings is 1. The van der Waals surface area contributed by atoms with Crippen LogP contribution in [0.15, 0.2) is 55.1 Å². The first kappa shape index (κ1) is 14.1. The van der Waals surface area contributed by atoms with Crippen LogP contribution in [0, 0.1) is 0 Å². The van der Waals surface area contributed by atoms with Crippen LogP contribution in [0.25, 0.3) is 0 Å². The second kappa shape index (κ2) is 7.28. The van der Waals surface area contributed by atoms with Crippen LogP contribution in [0.3, 0.4) is 0 Å². The Morgan fingerprint density at radius 1 is 1.35 bits per heavy atom. The van der Waals surface area contributed by atoms with Crippen molar-refractivity contribution in [2.75, 3.05) is 5.32 Å². The average Bonchev–Trinajstić information content (AvgIpc) is 2.94. The van der Waals surface area contributed by atoms with E-state index in [-0.39, 0.29) is 5.91 Å². The summed E-state index contributed by atoms with van der Waals surface area (Å²) < 4.78 is 2.00. The first-order valence-corrected chi connectivity index (χ1v) is 6.73. The van der Waals surface area contributed by atoms with E-state index >= 15 is 0 Å². The molecule has 0 aliphatic carbocycles.